The van der Waals surface area contributed by atoms with Crippen LogP contribution in [0.3, 0.4) is 0 Å². The highest BCUT2D eigenvalue weighted by atomic mass is 32.2. The Morgan fingerprint density at radius 2 is 1.20 bits per heavy atom. The number of rotatable bonds is 4. The lowest BCUT2D eigenvalue weighted by atomic mass is 9.73. The molecule has 1 saturated heterocycles. The van der Waals surface area contributed by atoms with Crippen LogP contribution in [0.4, 0.5) is 0 Å². The van der Waals surface area contributed by atoms with Gasteiger partial charge in [0.1, 0.15) is 5.78 Å². The Morgan fingerprint density at radius 1 is 0.657 bits per heavy atom. The number of sulfonamides is 1. The van der Waals surface area contributed by atoms with Gasteiger partial charge in [0.15, 0.2) is 0 Å². The number of fused-ring (bicyclic) bond motifs is 4. The molecule has 2 fully saturated rings. The standard InChI is InChI=1S/C30H29NO3S/c1-19-26(21-12-6-3-7-13-21)24-18-25-27(28(19)30(24)32)20(2)29(22-14-8-4-9-15-22)31(25)35(33,34)23-16-10-5-11-17-23/h3-20,24,26-29H,1-2H3. The quantitative estimate of drug-likeness (QED) is 0.470. The minimum absolute atomic E-state index is 0.0333. The number of allylic oxidation sites excluding steroid dienone is 2. The van der Waals surface area contributed by atoms with Crippen molar-refractivity contribution in [1.29, 1.82) is 0 Å². The van der Waals surface area contributed by atoms with Crippen molar-refractivity contribution in [2.45, 2.75) is 30.7 Å². The molecular formula is C30H29NO3S. The first kappa shape index (κ1) is 22.3. The van der Waals surface area contributed by atoms with E-state index in [1.807, 2.05) is 60.7 Å². The Kier molecular flexibility index (Phi) is 5.22. The molecular weight excluding hydrogens is 454 g/mol. The van der Waals surface area contributed by atoms with Crippen LogP contribution in [0.1, 0.15) is 36.9 Å². The van der Waals surface area contributed by atoms with Crippen molar-refractivity contribution in [3.8, 4) is 0 Å². The van der Waals surface area contributed by atoms with Crippen molar-refractivity contribution in [2.75, 3.05) is 0 Å². The summed E-state index contributed by atoms with van der Waals surface area (Å²) in [7, 11) is -3.82. The fourth-order valence-electron chi connectivity index (χ4n) is 7.03. The van der Waals surface area contributed by atoms with Gasteiger partial charge in [-0.2, -0.15) is 0 Å². The molecule has 0 spiro atoms. The molecule has 5 heteroatoms. The van der Waals surface area contributed by atoms with Gasteiger partial charge in [0, 0.05) is 29.4 Å². The fourth-order valence-corrected chi connectivity index (χ4v) is 8.84. The van der Waals surface area contributed by atoms with Crippen molar-refractivity contribution in [2.24, 2.45) is 29.6 Å². The largest absolute Gasteiger partial charge is 0.299 e. The second-order valence-electron chi connectivity index (χ2n) is 10.2. The average molecular weight is 484 g/mol. The van der Waals surface area contributed by atoms with Gasteiger partial charge in [-0.3, -0.25) is 9.10 Å². The molecule has 0 N–H and O–H groups in total. The van der Waals surface area contributed by atoms with Crippen LogP contribution in [-0.2, 0) is 14.8 Å². The Labute approximate surface area is 207 Å². The maximum atomic E-state index is 14.2. The van der Waals surface area contributed by atoms with E-state index in [0.29, 0.717) is 0 Å². The second-order valence-corrected chi connectivity index (χ2v) is 12.0. The van der Waals surface area contributed by atoms with Gasteiger partial charge in [-0.25, -0.2) is 8.42 Å². The second kappa shape index (κ2) is 8.20. The summed E-state index contributed by atoms with van der Waals surface area (Å²) in [5.41, 5.74) is 2.92. The number of hydrogen-bond acceptors (Lipinski definition) is 3. The molecule has 2 bridgehead atoms. The van der Waals surface area contributed by atoms with Crippen LogP contribution >= 0.6 is 0 Å². The average Bonchev–Trinajstić information content (AvgIpc) is 3.25. The van der Waals surface area contributed by atoms with E-state index in [1.54, 1.807) is 28.6 Å². The molecule has 3 aromatic rings. The van der Waals surface area contributed by atoms with Gasteiger partial charge in [0.25, 0.3) is 10.0 Å². The number of Topliss-reactive ketones (excluding diaryl/α,β-unsaturated/α-hetero) is 1. The van der Waals surface area contributed by atoms with Gasteiger partial charge in [-0.15, -0.1) is 0 Å². The Bertz CT molecular complexity index is 1390. The van der Waals surface area contributed by atoms with Crippen molar-refractivity contribution < 1.29 is 13.2 Å². The Morgan fingerprint density at radius 3 is 1.80 bits per heavy atom. The smallest absolute Gasteiger partial charge is 0.264 e. The molecule has 35 heavy (non-hydrogen) atoms. The number of ketones is 1. The molecule has 7 atom stereocenters. The molecule has 0 radical (unpaired) electrons. The van der Waals surface area contributed by atoms with Gasteiger partial charge in [-0.05, 0) is 35.1 Å². The Hall–Kier alpha value is -3.18. The van der Waals surface area contributed by atoms with Gasteiger partial charge in [-0.1, -0.05) is 98.8 Å². The van der Waals surface area contributed by atoms with Gasteiger partial charge >= 0.3 is 0 Å². The van der Waals surface area contributed by atoms with Crippen molar-refractivity contribution in [3.63, 3.8) is 0 Å². The van der Waals surface area contributed by atoms with E-state index in [4.69, 9.17) is 0 Å². The van der Waals surface area contributed by atoms with E-state index in [1.165, 1.54) is 0 Å². The molecule has 1 saturated carbocycles. The molecule has 0 amide bonds. The molecule has 6 rings (SSSR count). The van der Waals surface area contributed by atoms with Crippen molar-refractivity contribution in [1.82, 2.24) is 4.31 Å². The molecule has 0 aromatic heterocycles. The summed E-state index contributed by atoms with van der Waals surface area (Å²) in [4.78, 5) is 14.0. The molecule has 3 aromatic carbocycles. The third-order valence-corrected chi connectivity index (χ3v) is 10.3. The SMILES string of the molecule is CC1C2C(=O)C(C=C3C2C(C)C(c2ccccc2)N3S(=O)(=O)c2ccccc2)C1c1ccccc1. The highest BCUT2D eigenvalue weighted by Crippen LogP contribution is 2.62. The van der Waals surface area contributed by atoms with Gasteiger partial charge < -0.3 is 0 Å². The van der Waals surface area contributed by atoms with E-state index in [0.717, 1.165) is 16.8 Å². The topological polar surface area (TPSA) is 54.5 Å². The lowest BCUT2D eigenvalue weighted by Gasteiger charge is -2.31. The lowest BCUT2D eigenvalue weighted by Crippen LogP contribution is -2.34. The summed E-state index contributed by atoms with van der Waals surface area (Å²) in [6.07, 6.45) is 2.00. The van der Waals surface area contributed by atoms with E-state index in [9.17, 15) is 13.2 Å². The fraction of sp³-hybridized carbons (Fsp3) is 0.300. The molecule has 2 aliphatic carbocycles. The van der Waals surface area contributed by atoms with Crippen LogP contribution in [0.25, 0.3) is 0 Å². The summed E-state index contributed by atoms with van der Waals surface area (Å²) in [6, 6.07) is 28.4. The summed E-state index contributed by atoms with van der Waals surface area (Å²) >= 11 is 0. The van der Waals surface area contributed by atoms with Crippen LogP contribution in [-0.4, -0.2) is 18.5 Å². The third kappa shape index (κ3) is 3.24. The zero-order chi connectivity index (χ0) is 24.3. The normalized spacial score (nSPS) is 31.8. The van der Waals surface area contributed by atoms with Crippen LogP contribution in [0.2, 0.25) is 0 Å². The first-order valence-electron chi connectivity index (χ1n) is 12.4. The van der Waals surface area contributed by atoms with Crippen molar-refractivity contribution in [3.05, 3.63) is 114 Å². The van der Waals surface area contributed by atoms with E-state index < -0.39 is 10.0 Å². The van der Waals surface area contributed by atoms with Crippen molar-refractivity contribution >= 4 is 15.8 Å². The summed E-state index contributed by atoms with van der Waals surface area (Å²) < 4.78 is 30.0. The number of nitrogens with zero attached hydrogens (tertiary/aromatic N) is 1. The van der Waals surface area contributed by atoms with E-state index in [-0.39, 0.29) is 52.2 Å². The molecule has 3 aliphatic rings. The highest BCUT2D eigenvalue weighted by Gasteiger charge is 2.61. The minimum Gasteiger partial charge on any atom is -0.299 e. The molecule has 178 valence electrons. The zero-order valence-corrected chi connectivity index (χ0v) is 20.7. The number of carbonyl (C=O) groups is 1. The molecule has 7 unspecified atom stereocenters. The maximum absolute atomic E-state index is 14.2. The number of carbonyl (C=O) groups excluding carboxylic acids is 1. The van der Waals surface area contributed by atoms with E-state index >= 15 is 0 Å². The molecule has 4 nitrogen and oxygen atoms in total. The highest BCUT2D eigenvalue weighted by molar-refractivity contribution is 7.89. The molecule has 1 heterocycles. The van der Waals surface area contributed by atoms with Gasteiger partial charge in [0.05, 0.1) is 10.9 Å². The predicted octanol–water partition coefficient (Wildman–Crippen LogP) is 5.82. The van der Waals surface area contributed by atoms with Crippen LogP contribution < -0.4 is 0 Å². The number of hydrogen-bond donors (Lipinski definition) is 0. The first-order valence-corrected chi connectivity index (χ1v) is 13.8. The summed E-state index contributed by atoms with van der Waals surface area (Å²) in [6.45, 7) is 4.29. The maximum Gasteiger partial charge on any atom is 0.264 e. The lowest BCUT2D eigenvalue weighted by molar-refractivity contribution is -0.125. The van der Waals surface area contributed by atoms with Crippen LogP contribution in [0, 0.1) is 29.6 Å². The zero-order valence-electron chi connectivity index (χ0n) is 19.9. The third-order valence-electron chi connectivity index (χ3n) is 8.45. The summed E-state index contributed by atoms with van der Waals surface area (Å²) in [5.74, 6) is -0.207. The monoisotopic (exact) mass is 483 g/mol. The predicted molar refractivity (Wildman–Crippen MR) is 136 cm³/mol. The number of benzene rings is 3. The van der Waals surface area contributed by atoms with E-state index in [2.05, 4.69) is 26.0 Å². The first-order chi connectivity index (χ1) is 16.9. The Balaban J connectivity index is 1.54. The molecule has 1 aliphatic heterocycles. The summed E-state index contributed by atoms with van der Waals surface area (Å²) in [5, 5.41) is 0. The van der Waals surface area contributed by atoms with Crippen LogP contribution in [0.15, 0.2) is 108 Å². The van der Waals surface area contributed by atoms with Gasteiger partial charge in [0.2, 0.25) is 0 Å². The minimum atomic E-state index is -3.82. The van der Waals surface area contributed by atoms with Crippen LogP contribution in [0.5, 0.6) is 0 Å².